The minimum absolute atomic E-state index is 0.219. The van der Waals surface area contributed by atoms with Crippen molar-refractivity contribution in [1.82, 2.24) is 4.90 Å². The fourth-order valence-corrected chi connectivity index (χ4v) is 3.93. The average molecular weight is 377 g/mol. The average Bonchev–Trinajstić information content (AvgIpc) is 2.89. The highest BCUT2D eigenvalue weighted by Gasteiger charge is 2.35. The van der Waals surface area contributed by atoms with Gasteiger partial charge < -0.3 is 14.2 Å². The largest absolute Gasteiger partial charge is 0.489 e. The summed E-state index contributed by atoms with van der Waals surface area (Å²) in [5.74, 6) is 1.85. The second-order valence-corrected chi connectivity index (χ2v) is 7.07. The van der Waals surface area contributed by atoms with E-state index in [2.05, 4.69) is 11.0 Å². The number of rotatable bonds is 2. The molecule has 0 bridgehead atoms. The van der Waals surface area contributed by atoms with Crippen LogP contribution in [-0.2, 0) is 6.61 Å². The first-order valence-corrected chi connectivity index (χ1v) is 9.31. The van der Waals surface area contributed by atoms with Crippen molar-refractivity contribution in [2.45, 2.75) is 18.9 Å². The van der Waals surface area contributed by atoms with Crippen LogP contribution in [0.25, 0.3) is 0 Å². The molecule has 0 saturated heterocycles. The standard InChI is InChI=1S/C23H20FNO3/c1-25(22-14-27-20-8-4-5-9-21(20)28-22)23-17-7-3-2-6-15(17)13-26-19-11-10-16(24)12-18(19)23/h2-12,22-23H,13-14H2,1H3. The number of ether oxygens (including phenoxy) is 3. The second-order valence-electron chi connectivity index (χ2n) is 7.07. The van der Waals surface area contributed by atoms with Crippen LogP contribution in [0.5, 0.6) is 17.2 Å². The van der Waals surface area contributed by atoms with Crippen LogP contribution in [0, 0.1) is 5.82 Å². The van der Waals surface area contributed by atoms with Gasteiger partial charge in [-0.1, -0.05) is 36.4 Å². The smallest absolute Gasteiger partial charge is 0.187 e. The van der Waals surface area contributed by atoms with Gasteiger partial charge in [0.1, 0.15) is 24.8 Å². The number of nitrogens with zero attached hydrogens (tertiary/aromatic N) is 1. The lowest BCUT2D eigenvalue weighted by Gasteiger charge is -2.38. The van der Waals surface area contributed by atoms with Crippen LogP contribution >= 0.6 is 0 Å². The molecule has 2 aliphatic rings. The van der Waals surface area contributed by atoms with Crippen molar-refractivity contribution >= 4 is 0 Å². The van der Waals surface area contributed by atoms with Gasteiger partial charge in [0.2, 0.25) is 0 Å². The Morgan fingerprint density at radius 3 is 2.54 bits per heavy atom. The van der Waals surface area contributed by atoms with Gasteiger partial charge in [-0.2, -0.15) is 0 Å². The monoisotopic (exact) mass is 377 g/mol. The van der Waals surface area contributed by atoms with Crippen molar-refractivity contribution in [3.63, 3.8) is 0 Å². The van der Waals surface area contributed by atoms with E-state index >= 15 is 0 Å². The lowest BCUT2D eigenvalue weighted by atomic mass is 9.93. The molecule has 0 spiro atoms. The molecule has 5 heteroatoms. The van der Waals surface area contributed by atoms with E-state index in [-0.39, 0.29) is 18.1 Å². The van der Waals surface area contributed by atoms with Gasteiger partial charge in [0.15, 0.2) is 17.7 Å². The number of hydrogen-bond donors (Lipinski definition) is 0. The van der Waals surface area contributed by atoms with E-state index in [4.69, 9.17) is 14.2 Å². The summed E-state index contributed by atoms with van der Waals surface area (Å²) in [6, 6.07) is 20.2. The molecular weight excluding hydrogens is 357 g/mol. The fourth-order valence-electron chi connectivity index (χ4n) is 3.93. The zero-order valence-electron chi connectivity index (χ0n) is 15.5. The van der Waals surface area contributed by atoms with E-state index in [0.717, 1.165) is 22.4 Å². The molecule has 0 fully saturated rings. The van der Waals surface area contributed by atoms with Crippen LogP contribution < -0.4 is 14.2 Å². The Labute approximate surface area is 163 Å². The molecular formula is C23H20FNO3. The second kappa shape index (κ2) is 6.84. The van der Waals surface area contributed by atoms with Gasteiger partial charge in [-0.15, -0.1) is 0 Å². The molecule has 2 heterocycles. The predicted molar refractivity (Wildman–Crippen MR) is 103 cm³/mol. The van der Waals surface area contributed by atoms with E-state index in [9.17, 15) is 4.39 Å². The Bertz CT molecular complexity index is 1020. The molecule has 2 atom stereocenters. The highest BCUT2D eigenvalue weighted by atomic mass is 19.1. The first-order valence-electron chi connectivity index (χ1n) is 9.31. The van der Waals surface area contributed by atoms with E-state index in [1.54, 1.807) is 12.1 Å². The molecule has 4 nitrogen and oxygen atoms in total. The normalized spacial score (nSPS) is 20.0. The summed E-state index contributed by atoms with van der Waals surface area (Å²) < 4.78 is 32.3. The summed E-state index contributed by atoms with van der Waals surface area (Å²) in [5.41, 5.74) is 2.94. The Morgan fingerprint density at radius 1 is 0.857 bits per heavy atom. The van der Waals surface area contributed by atoms with Crippen LogP contribution in [0.4, 0.5) is 4.39 Å². The first kappa shape index (κ1) is 17.1. The van der Waals surface area contributed by atoms with E-state index < -0.39 is 0 Å². The Kier molecular flexibility index (Phi) is 4.17. The zero-order valence-corrected chi connectivity index (χ0v) is 15.5. The number of para-hydroxylation sites is 2. The Morgan fingerprint density at radius 2 is 1.64 bits per heavy atom. The molecule has 0 N–H and O–H groups in total. The topological polar surface area (TPSA) is 30.9 Å². The third-order valence-corrected chi connectivity index (χ3v) is 5.35. The molecule has 2 aliphatic heterocycles. The summed E-state index contributed by atoms with van der Waals surface area (Å²) in [6.45, 7) is 0.835. The van der Waals surface area contributed by atoms with Gasteiger partial charge in [0, 0.05) is 5.56 Å². The molecule has 0 aromatic heterocycles. The molecule has 0 radical (unpaired) electrons. The van der Waals surface area contributed by atoms with Gasteiger partial charge in [-0.05, 0) is 48.5 Å². The maximum atomic E-state index is 14.1. The first-order chi connectivity index (χ1) is 13.7. The number of halogens is 1. The van der Waals surface area contributed by atoms with Gasteiger partial charge in [-0.3, -0.25) is 4.90 Å². The third-order valence-electron chi connectivity index (χ3n) is 5.35. The number of hydrogen-bond acceptors (Lipinski definition) is 4. The summed E-state index contributed by atoms with van der Waals surface area (Å²) in [4.78, 5) is 2.09. The van der Waals surface area contributed by atoms with E-state index in [1.807, 2.05) is 49.5 Å². The summed E-state index contributed by atoms with van der Waals surface area (Å²) >= 11 is 0. The van der Waals surface area contributed by atoms with Gasteiger partial charge in [0.25, 0.3) is 0 Å². The maximum absolute atomic E-state index is 14.1. The molecule has 28 heavy (non-hydrogen) atoms. The maximum Gasteiger partial charge on any atom is 0.187 e. The van der Waals surface area contributed by atoms with Crippen molar-refractivity contribution in [1.29, 1.82) is 0 Å². The number of fused-ring (bicyclic) bond motifs is 3. The predicted octanol–water partition coefficient (Wildman–Crippen LogP) is 4.54. The summed E-state index contributed by atoms with van der Waals surface area (Å²) in [5, 5.41) is 0. The molecule has 5 rings (SSSR count). The van der Waals surface area contributed by atoms with Gasteiger partial charge >= 0.3 is 0 Å². The number of benzene rings is 3. The van der Waals surface area contributed by atoms with Crippen LogP contribution in [0.2, 0.25) is 0 Å². The van der Waals surface area contributed by atoms with Crippen molar-refractivity contribution in [2.24, 2.45) is 0 Å². The lowest BCUT2D eigenvalue weighted by molar-refractivity contribution is -0.0298. The summed E-state index contributed by atoms with van der Waals surface area (Å²) in [6.07, 6.45) is -0.317. The SMILES string of the molecule is CN(C1COc2ccccc2O1)C1c2ccccc2COc2ccc(F)cc21. The van der Waals surface area contributed by atoms with Gasteiger partial charge in [-0.25, -0.2) is 4.39 Å². The lowest BCUT2D eigenvalue weighted by Crippen LogP contribution is -2.45. The molecule has 0 aliphatic carbocycles. The Balaban J connectivity index is 1.58. The molecule has 3 aromatic carbocycles. The quantitative estimate of drug-likeness (QED) is 0.656. The summed E-state index contributed by atoms with van der Waals surface area (Å²) in [7, 11) is 1.98. The van der Waals surface area contributed by atoms with E-state index in [0.29, 0.717) is 24.7 Å². The van der Waals surface area contributed by atoms with Crippen molar-refractivity contribution < 1.29 is 18.6 Å². The van der Waals surface area contributed by atoms with Crippen molar-refractivity contribution in [2.75, 3.05) is 13.7 Å². The van der Waals surface area contributed by atoms with Gasteiger partial charge in [0.05, 0.1) is 6.04 Å². The fraction of sp³-hybridized carbons (Fsp3) is 0.217. The van der Waals surface area contributed by atoms with Crippen molar-refractivity contribution in [3.05, 3.63) is 89.2 Å². The molecule has 0 saturated carbocycles. The zero-order chi connectivity index (χ0) is 19.1. The minimum atomic E-state index is -0.317. The molecule has 0 amide bonds. The van der Waals surface area contributed by atoms with Crippen LogP contribution in [0.3, 0.4) is 0 Å². The Hall–Kier alpha value is -3.05. The molecule has 142 valence electrons. The van der Waals surface area contributed by atoms with Crippen LogP contribution in [0.15, 0.2) is 66.7 Å². The minimum Gasteiger partial charge on any atom is -0.489 e. The third kappa shape index (κ3) is 2.88. The van der Waals surface area contributed by atoms with Crippen LogP contribution in [-0.4, -0.2) is 24.8 Å². The van der Waals surface area contributed by atoms with Crippen LogP contribution in [0.1, 0.15) is 22.7 Å². The highest BCUT2D eigenvalue weighted by molar-refractivity contribution is 5.47. The van der Waals surface area contributed by atoms with Crippen molar-refractivity contribution in [3.8, 4) is 17.2 Å². The van der Waals surface area contributed by atoms with E-state index in [1.165, 1.54) is 6.07 Å². The molecule has 2 unspecified atom stereocenters. The highest BCUT2D eigenvalue weighted by Crippen LogP contribution is 2.41. The molecule has 3 aromatic rings. The number of likely N-dealkylation sites (N-methyl/N-ethyl adjacent to an activating group) is 1.